The van der Waals surface area contributed by atoms with Crippen LogP contribution < -0.4 is 0 Å². The highest BCUT2D eigenvalue weighted by atomic mass is 16.8. The quantitative estimate of drug-likeness (QED) is 0.653. The summed E-state index contributed by atoms with van der Waals surface area (Å²) >= 11 is 0. The molecular weight excluding hydrogens is 200 g/mol. The Kier molecular flexibility index (Phi) is 4.43. The van der Waals surface area contributed by atoms with Crippen molar-refractivity contribution in [2.45, 2.75) is 72.7 Å². The highest BCUT2D eigenvalue weighted by Crippen LogP contribution is 2.36. The van der Waals surface area contributed by atoms with E-state index in [0.29, 0.717) is 0 Å². The van der Waals surface area contributed by atoms with Gasteiger partial charge in [0.05, 0.1) is 5.60 Å². The van der Waals surface area contributed by atoms with Gasteiger partial charge in [-0.1, -0.05) is 26.7 Å². The molecule has 0 saturated carbocycles. The van der Waals surface area contributed by atoms with Gasteiger partial charge < -0.3 is 9.47 Å². The fourth-order valence-electron chi connectivity index (χ4n) is 2.00. The first-order valence-electron chi connectivity index (χ1n) is 6.37. The van der Waals surface area contributed by atoms with Gasteiger partial charge in [-0.2, -0.15) is 0 Å². The molecule has 1 fully saturated rings. The number of ether oxygens (including phenoxy) is 2. The van der Waals surface area contributed by atoms with Gasteiger partial charge in [-0.25, -0.2) is 0 Å². The molecule has 0 aromatic heterocycles. The first-order chi connectivity index (χ1) is 7.33. The largest absolute Gasteiger partial charge is 0.455 e. The Hall–Kier alpha value is -0.500. The topological polar surface area (TPSA) is 21.8 Å². The van der Waals surface area contributed by atoms with Gasteiger partial charge in [-0.05, 0) is 45.6 Å². The summed E-state index contributed by atoms with van der Waals surface area (Å²) < 4.78 is 11.2. The fraction of sp³-hybridized carbons (Fsp3) is 0.857. The zero-order valence-corrected chi connectivity index (χ0v) is 11.6. The molecule has 1 aliphatic heterocycles. The number of hydrogen-bond donors (Lipinski definition) is 0. The molecule has 1 heterocycles. The van der Waals surface area contributed by atoms with E-state index in [-0.39, 0.29) is 11.9 Å². The molecule has 0 aliphatic carbocycles. The SMILES string of the molecule is CCCC(C)CC(C)=C1OC1OC(C)(C)C. The van der Waals surface area contributed by atoms with E-state index >= 15 is 0 Å². The molecule has 0 spiro atoms. The molecule has 1 aliphatic rings. The summed E-state index contributed by atoms with van der Waals surface area (Å²) in [5.41, 5.74) is 1.23. The lowest BCUT2D eigenvalue weighted by Crippen LogP contribution is -2.20. The standard InChI is InChI=1S/C14H26O2/c1-7-8-10(2)9-11(3)12-13(15-12)16-14(4,5)6/h10,13H,7-9H2,1-6H3. The molecule has 1 rings (SSSR count). The fourth-order valence-corrected chi connectivity index (χ4v) is 2.00. The van der Waals surface area contributed by atoms with Crippen LogP contribution >= 0.6 is 0 Å². The highest BCUT2D eigenvalue weighted by Gasteiger charge is 2.39. The molecule has 2 heteroatoms. The third-order valence-corrected chi connectivity index (χ3v) is 2.71. The first kappa shape index (κ1) is 13.6. The Morgan fingerprint density at radius 3 is 2.56 bits per heavy atom. The normalized spacial score (nSPS) is 25.0. The summed E-state index contributed by atoms with van der Waals surface area (Å²) in [6.07, 6.45) is 3.60. The van der Waals surface area contributed by atoms with E-state index in [1.165, 1.54) is 18.4 Å². The van der Waals surface area contributed by atoms with E-state index in [0.717, 1.165) is 18.1 Å². The van der Waals surface area contributed by atoms with E-state index < -0.39 is 0 Å². The predicted octanol–water partition coefficient (Wildman–Crippen LogP) is 4.26. The molecule has 1 saturated heterocycles. The van der Waals surface area contributed by atoms with Gasteiger partial charge in [0, 0.05) is 0 Å². The molecule has 2 unspecified atom stereocenters. The van der Waals surface area contributed by atoms with Crippen LogP contribution in [0.5, 0.6) is 0 Å². The summed E-state index contributed by atoms with van der Waals surface area (Å²) in [7, 11) is 0. The van der Waals surface area contributed by atoms with Crippen molar-refractivity contribution in [3.8, 4) is 0 Å². The van der Waals surface area contributed by atoms with Crippen LogP contribution in [0.3, 0.4) is 0 Å². The molecule has 0 aromatic carbocycles. The van der Waals surface area contributed by atoms with E-state index in [2.05, 4.69) is 41.5 Å². The van der Waals surface area contributed by atoms with Gasteiger partial charge in [0.2, 0.25) is 0 Å². The molecule has 2 atom stereocenters. The second kappa shape index (κ2) is 5.22. The maximum Gasteiger partial charge on any atom is 0.259 e. The van der Waals surface area contributed by atoms with Crippen LogP contribution in [0.4, 0.5) is 0 Å². The zero-order chi connectivity index (χ0) is 12.3. The van der Waals surface area contributed by atoms with E-state index in [9.17, 15) is 0 Å². The molecule has 0 amide bonds. The predicted molar refractivity (Wildman–Crippen MR) is 67.1 cm³/mol. The minimum atomic E-state index is -0.123. The van der Waals surface area contributed by atoms with Gasteiger partial charge in [-0.3, -0.25) is 0 Å². The number of hydrogen-bond acceptors (Lipinski definition) is 2. The van der Waals surface area contributed by atoms with Crippen molar-refractivity contribution in [3.05, 3.63) is 11.3 Å². The monoisotopic (exact) mass is 226 g/mol. The van der Waals surface area contributed by atoms with Crippen molar-refractivity contribution in [3.63, 3.8) is 0 Å². The Morgan fingerprint density at radius 1 is 1.44 bits per heavy atom. The maximum absolute atomic E-state index is 5.74. The average molecular weight is 226 g/mol. The molecule has 2 nitrogen and oxygen atoms in total. The molecular formula is C14H26O2. The van der Waals surface area contributed by atoms with Crippen LogP contribution in [-0.2, 0) is 9.47 Å². The highest BCUT2D eigenvalue weighted by molar-refractivity contribution is 5.18. The minimum Gasteiger partial charge on any atom is -0.455 e. The second-order valence-electron chi connectivity index (χ2n) is 5.92. The van der Waals surface area contributed by atoms with Crippen LogP contribution in [-0.4, -0.2) is 11.9 Å². The molecule has 0 radical (unpaired) electrons. The van der Waals surface area contributed by atoms with Gasteiger partial charge in [0.15, 0.2) is 5.76 Å². The molecule has 16 heavy (non-hydrogen) atoms. The summed E-state index contributed by atoms with van der Waals surface area (Å²) in [6, 6.07) is 0. The van der Waals surface area contributed by atoms with Crippen LogP contribution in [0.25, 0.3) is 0 Å². The third-order valence-electron chi connectivity index (χ3n) is 2.71. The van der Waals surface area contributed by atoms with Gasteiger partial charge in [0.1, 0.15) is 0 Å². The lowest BCUT2D eigenvalue weighted by molar-refractivity contribution is -0.0563. The lowest BCUT2D eigenvalue weighted by Gasteiger charge is -2.16. The second-order valence-corrected chi connectivity index (χ2v) is 5.92. The maximum atomic E-state index is 5.74. The third kappa shape index (κ3) is 4.56. The van der Waals surface area contributed by atoms with Crippen molar-refractivity contribution in [1.82, 2.24) is 0 Å². The minimum absolute atomic E-state index is 0.0752. The van der Waals surface area contributed by atoms with E-state index in [1.807, 2.05) is 0 Å². The van der Waals surface area contributed by atoms with Crippen molar-refractivity contribution in [1.29, 1.82) is 0 Å². The first-order valence-corrected chi connectivity index (χ1v) is 6.37. The number of allylic oxidation sites excluding steroid dienone is 1. The Morgan fingerprint density at radius 2 is 2.06 bits per heavy atom. The summed E-state index contributed by atoms with van der Waals surface area (Å²) in [6.45, 7) is 12.9. The Labute approximate surface area is 100 Å². The Balaban J connectivity index is 2.40. The van der Waals surface area contributed by atoms with E-state index in [1.54, 1.807) is 0 Å². The lowest BCUT2D eigenvalue weighted by atomic mass is 9.97. The molecule has 0 N–H and O–H groups in total. The zero-order valence-electron chi connectivity index (χ0n) is 11.6. The van der Waals surface area contributed by atoms with Crippen LogP contribution in [0.2, 0.25) is 0 Å². The molecule has 94 valence electrons. The van der Waals surface area contributed by atoms with Gasteiger partial charge >= 0.3 is 0 Å². The molecule has 0 bridgehead atoms. The smallest absolute Gasteiger partial charge is 0.259 e. The molecule has 0 aromatic rings. The summed E-state index contributed by atoms with van der Waals surface area (Å²) in [4.78, 5) is 0. The number of rotatable bonds is 5. The summed E-state index contributed by atoms with van der Waals surface area (Å²) in [5.74, 6) is 1.81. The van der Waals surface area contributed by atoms with Crippen LogP contribution in [0.15, 0.2) is 11.3 Å². The van der Waals surface area contributed by atoms with E-state index in [4.69, 9.17) is 9.47 Å². The number of epoxide rings is 1. The van der Waals surface area contributed by atoms with Crippen molar-refractivity contribution in [2.75, 3.05) is 0 Å². The van der Waals surface area contributed by atoms with Crippen molar-refractivity contribution < 1.29 is 9.47 Å². The van der Waals surface area contributed by atoms with Crippen LogP contribution in [0.1, 0.15) is 60.8 Å². The van der Waals surface area contributed by atoms with Crippen LogP contribution in [0, 0.1) is 5.92 Å². The van der Waals surface area contributed by atoms with Gasteiger partial charge in [-0.15, -0.1) is 0 Å². The Bertz CT molecular complexity index is 260. The van der Waals surface area contributed by atoms with Gasteiger partial charge in [0.25, 0.3) is 6.29 Å². The van der Waals surface area contributed by atoms with Crippen molar-refractivity contribution >= 4 is 0 Å². The average Bonchev–Trinajstić information content (AvgIpc) is 2.80. The van der Waals surface area contributed by atoms with Crippen molar-refractivity contribution in [2.24, 2.45) is 5.92 Å². The summed E-state index contributed by atoms with van der Waals surface area (Å²) in [5, 5.41) is 0.